The van der Waals surface area contributed by atoms with E-state index >= 15 is 0 Å². The molecule has 0 fully saturated rings. The second-order valence-electron chi connectivity index (χ2n) is 13.1. The molecule has 0 N–H and O–H groups in total. The second kappa shape index (κ2) is 12.0. The van der Waals surface area contributed by atoms with Crippen molar-refractivity contribution in [2.45, 2.75) is 0 Å². The zero-order valence-corrected chi connectivity index (χ0v) is 28.0. The molecule has 240 valence electrons. The Morgan fingerprint density at radius 3 is 1.35 bits per heavy atom. The van der Waals surface area contributed by atoms with Gasteiger partial charge in [0.05, 0.1) is 11.6 Å². The average Bonchev–Trinajstić information content (AvgIpc) is 3.55. The van der Waals surface area contributed by atoms with E-state index in [9.17, 15) is 5.26 Å². The first-order valence-electron chi connectivity index (χ1n) is 17.3. The van der Waals surface area contributed by atoms with Gasteiger partial charge in [0.25, 0.3) is 0 Å². The summed E-state index contributed by atoms with van der Waals surface area (Å²) < 4.78 is 0. The van der Waals surface area contributed by atoms with Gasteiger partial charge in [0.2, 0.25) is 0 Å². The molecule has 4 nitrogen and oxygen atoms in total. The molecule has 0 unspecified atom stereocenters. The number of benzene rings is 8. The molecule has 0 aliphatic heterocycles. The van der Waals surface area contributed by atoms with E-state index in [1.54, 1.807) is 0 Å². The third kappa shape index (κ3) is 4.87. The SMILES string of the molecule is N#Cc1cccc(-c2ccc3c4c(ccc(-c5ccc6cc(-c7nc(-c8ccccc8)nc(-c8ccccc8)n7)ccc6c5)c24)-c2ccccc2-3)c1. The number of nitriles is 1. The number of rotatable bonds is 5. The second-order valence-corrected chi connectivity index (χ2v) is 13.1. The van der Waals surface area contributed by atoms with Crippen molar-refractivity contribution in [1.82, 2.24) is 15.0 Å². The van der Waals surface area contributed by atoms with Gasteiger partial charge in [-0.05, 0) is 90.3 Å². The van der Waals surface area contributed by atoms with Crippen molar-refractivity contribution in [2.75, 3.05) is 0 Å². The minimum absolute atomic E-state index is 0.634. The van der Waals surface area contributed by atoms with Crippen LogP contribution in [0.2, 0.25) is 0 Å². The molecule has 0 saturated heterocycles. The number of fused-ring (bicyclic) bond motifs is 4. The van der Waals surface area contributed by atoms with Crippen LogP contribution in [-0.2, 0) is 0 Å². The molecule has 1 aliphatic carbocycles. The summed E-state index contributed by atoms with van der Waals surface area (Å²) in [6.07, 6.45) is 0. The molecule has 0 spiro atoms. The first kappa shape index (κ1) is 29.7. The lowest BCUT2D eigenvalue weighted by Gasteiger charge is -2.16. The van der Waals surface area contributed by atoms with Gasteiger partial charge in [-0.2, -0.15) is 5.26 Å². The average molecular weight is 661 g/mol. The third-order valence-electron chi connectivity index (χ3n) is 10.1. The van der Waals surface area contributed by atoms with E-state index in [2.05, 4.69) is 97.1 Å². The van der Waals surface area contributed by atoms with Crippen LogP contribution in [-0.4, -0.2) is 15.0 Å². The molecule has 0 saturated carbocycles. The lowest BCUT2D eigenvalue weighted by atomic mass is 9.87. The topological polar surface area (TPSA) is 62.5 Å². The van der Waals surface area contributed by atoms with Crippen molar-refractivity contribution >= 4 is 21.5 Å². The quantitative estimate of drug-likeness (QED) is 0.184. The molecule has 0 radical (unpaired) electrons. The van der Waals surface area contributed by atoms with Crippen molar-refractivity contribution in [3.63, 3.8) is 0 Å². The monoisotopic (exact) mass is 660 g/mol. The maximum absolute atomic E-state index is 9.73. The highest BCUT2D eigenvalue weighted by Crippen LogP contribution is 2.52. The predicted octanol–water partition coefficient (Wildman–Crippen LogP) is 12.0. The molecular weight excluding hydrogens is 633 g/mol. The molecular formula is C48H28N4. The Bertz CT molecular complexity index is 2820. The van der Waals surface area contributed by atoms with Gasteiger partial charge in [0.1, 0.15) is 0 Å². The Morgan fingerprint density at radius 2 is 0.769 bits per heavy atom. The minimum Gasteiger partial charge on any atom is -0.208 e. The molecule has 1 aromatic heterocycles. The summed E-state index contributed by atoms with van der Waals surface area (Å²) in [4.78, 5) is 14.8. The lowest BCUT2D eigenvalue weighted by Crippen LogP contribution is -2.00. The van der Waals surface area contributed by atoms with Gasteiger partial charge in [-0.25, -0.2) is 15.0 Å². The molecule has 0 atom stereocenters. The van der Waals surface area contributed by atoms with Crippen molar-refractivity contribution in [2.24, 2.45) is 0 Å². The zero-order valence-electron chi connectivity index (χ0n) is 28.0. The van der Waals surface area contributed by atoms with E-state index in [4.69, 9.17) is 15.0 Å². The molecule has 52 heavy (non-hydrogen) atoms. The molecule has 10 rings (SSSR count). The first-order chi connectivity index (χ1) is 25.7. The Hall–Kier alpha value is -7.22. The largest absolute Gasteiger partial charge is 0.208 e. The first-order valence-corrected chi connectivity index (χ1v) is 17.3. The fourth-order valence-electron chi connectivity index (χ4n) is 7.62. The standard InChI is InChI=1S/C48H28N4/c49-29-30-10-9-15-35(26-30)38-22-24-42-40-16-7-8-17-41(40)43-25-23-39(44(38)45(42)43)36-20-18-34-28-37(21-19-33(34)27-36)48-51-46(31-11-3-1-4-12-31)50-47(52-48)32-13-5-2-6-14-32/h1-28H. The molecule has 9 aromatic rings. The Kier molecular flexibility index (Phi) is 6.84. The zero-order chi connectivity index (χ0) is 34.6. The van der Waals surface area contributed by atoms with Crippen LogP contribution in [0, 0.1) is 11.3 Å². The summed E-state index contributed by atoms with van der Waals surface area (Å²) in [5, 5.41) is 14.4. The van der Waals surface area contributed by atoms with E-state index in [-0.39, 0.29) is 0 Å². The summed E-state index contributed by atoms with van der Waals surface area (Å²) in [5.41, 5.74) is 12.9. The van der Waals surface area contributed by atoms with Gasteiger partial charge < -0.3 is 0 Å². The third-order valence-corrected chi connectivity index (χ3v) is 10.1. The summed E-state index contributed by atoms with van der Waals surface area (Å²) in [5.74, 6) is 1.92. The van der Waals surface area contributed by atoms with Crippen LogP contribution >= 0.6 is 0 Å². The van der Waals surface area contributed by atoms with Crippen LogP contribution in [0.15, 0.2) is 170 Å². The Morgan fingerprint density at radius 1 is 0.327 bits per heavy atom. The fraction of sp³-hybridized carbons (Fsp3) is 0. The van der Waals surface area contributed by atoms with Gasteiger partial charge in [-0.3, -0.25) is 0 Å². The van der Waals surface area contributed by atoms with Crippen LogP contribution in [0.4, 0.5) is 0 Å². The molecule has 1 aliphatic rings. The minimum atomic E-state index is 0.634. The van der Waals surface area contributed by atoms with E-state index in [0.29, 0.717) is 23.0 Å². The van der Waals surface area contributed by atoms with Crippen LogP contribution in [0.5, 0.6) is 0 Å². The van der Waals surface area contributed by atoms with Crippen molar-refractivity contribution in [3.05, 3.63) is 175 Å². The smallest absolute Gasteiger partial charge is 0.164 e. The predicted molar refractivity (Wildman–Crippen MR) is 211 cm³/mol. The fourth-order valence-corrected chi connectivity index (χ4v) is 7.62. The van der Waals surface area contributed by atoms with Crippen LogP contribution < -0.4 is 0 Å². The van der Waals surface area contributed by atoms with Gasteiger partial charge in [-0.1, -0.05) is 146 Å². The summed E-state index contributed by atoms with van der Waals surface area (Å²) in [7, 11) is 0. The van der Waals surface area contributed by atoms with Crippen molar-refractivity contribution < 1.29 is 0 Å². The molecule has 1 heterocycles. The number of nitrogens with zero attached hydrogens (tertiary/aromatic N) is 4. The highest BCUT2D eigenvalue weighted by molar-refractivity contribution is 6.22. The van der Waals surface area contributed by atoms with Gasteiger partial charge >= 0.3 is 0 Å². The van der Waals surface area contributed by atoms with Crippen molar-refractivity contribution in [1.29, 1.82) is 5.26 Å². The molecule has 8 aromatic carbocycles. The van der Waals surface area contributed by atoms with Crippen LogP contribution in [0.3, 0.4) is 0 Å². The summed E-state index contributed by atoms with van der Waals surface area (Å²) >= 11 is 0. The van der Waals surface area contributed by atoms with Gasteiger partial charge in [-0.15, -0.1) is 0 Å². The van der Waals surface area contributed by atoms with Crippen molar-refractivity contribution in [3.8, 4) is 84.7 Å². The van der Waals surface area contributed by atoms with E-state index in [1.807, 2.05) is 78.9 Å². The Labute approximate surface area is 301 Å². The van der Waals surface area contributed by atoms with Crippen LogP contribution in [0.25, 0.3) is 100 Å². The number of aromatic nitrogens is 3. The van der Waals surface area contributed by atoms with E-state index in [1.165, 1.54) is 33.0 Å². The molecule has 0 bridgehead atoms. The number of hydrogen-bond acceptors (Lipinski definition) is 4. The molecule has 4 heteroatoms. The maximum atomic E-state index is 9.73. The van der Waals surface area contributed by atoms with E-state index < -0.39 is 0 Å². The van der Waals surface area contributed by atoms with E-state index in [0.717, 1.165) is 49.7 Å². The normalized spacial score (nSPS) is 11.4. The lowest BCUT2D eigenvalue weighted by molar-refractivity contribution is 1.07. The Balaban J connectivity index is 1.13. The molecule has 0 amide bonds. The maximum Gasteiger partial charge on any atom is 0.164 e. The summed E-state index contributed by atoms with van der Waals surface area (Å²) in [6.45, 7) is 0. The highest BCUT2D eigenvalue weighted by atomic mass is 15.0. The number of hydrogen-bond donors (Lipinski definition) is 0. The van der Waals surface area contributed by atoms with Gasteiger partial charge in [0, 0.05) is 16.7 Å². The van der Waals surface area contributed by atoms with Crippen LogP contribution in [0.1, 0.15) is 5.56 Å². The highest BCUT2D eigenvalue weighted by Gasteiger charge is 2.25. The van der Waals surface area contributed by atoms with Gasteiger partial charge in [0.15, 0.2) is 17.5 Å². The summed E-state index contributed by atoms with van der Waals surface area (Å²) in [6, 6.07) is 61.1.